The molecule has 0 aliphatic heterocycles. The van der Waals surface area contributed by atoms with Crippen molar-refractivity contribution in [1.29, 1.82) is 0 Å². The molecule has 1 N–H and O–H groups in total. The minimum Gasteiger partial charge on any atom is -0.501 e. The molecule has 0 aliphatic carbocycles. The lowest BCUT2D eigenvalue weighted by molar-refractivity contribution is -0.390. The Morgan fingerprint density at radius 3 is 2.29 bits per heavy atom. The zero-order valence-corrected chi connectivity index (χ0v) is 7.70. The summed E-state index contributed by atoms with van der Waals surface area (Å²) < 4.78 is 61.5. The average molecular weight is 258 g/mol. The Labute approximate surface area is 89.7 Å². The summed E-state index contributed by atoms with van der Waals surface area (Å²) in [5.41, 5.74) is -3.75. The Balaban J connectivity index is 3.57. The van der Waals surface area contributed by atoms with E-state index in [9.17, 15) is 32.1 Å². The van der Waals surface area contributed by atoms with Crippen molar-refractivity contribution in [3.8, 4) is 5.75 Å². The Hall–Kier alpha value is -2.00. The van der Waals surface area contributed by atoms with Crippen LogP contribution in [0.5, 0.6) is 5.75 Å². The molecule has 0 aromatic carbocycles. The van der Waals surface area contributed by atoms with Gasteiger partial charge in [-0.15, -0.1) is 0 Å². The van der Waals surface area contributed by atoms with Crippen LogP contribution in [-0.4, -0.2) is 15.0 Å². The van der Waals surface area contributed by atoms with E-state index in [0.717, 1.165) is 0 Å². The zero-order valence-electron chi connectivity index (χ0n) is 7.70. The Bertz CT molecular complexity index is 460. The van der Waals surface area contributed by atoms with Gasteiger partial charge in [0.25, 0.3) is 6.43 Å². The van der Waals surface area contributed by atoms with Gasteiger partial charge in [0.2, 0.25) is 5.75 Å². The van der Waals surface area contributed by atoms with E-state index in [1.54, 1.807) is 0 Å². The molecule has 0 amide bonds. The fourth-order valence-corrected chi connectivity index (χ4v) is 1.08. The molecule has 0 saturated heterocycles. The van der Waals surface area contributed by atoms with E-state index in [1.165, 1.54) is 0 Å². The molecule has 0 fully saturated rings. The van der Waals surface area contributed by atoms with Crippen molar-refractivity contribution in [2.75, 3.05) is 0 Å². The van der Waals surface area contributed by atoms with Gasteiger partial charge in [0.05, 0.1) is 5.56 Å². The van der Waals surface area contributed by atoms with Crippen LogP contribution in [0.3, 0.4) is 0 Å². The van der Waals surface area contributed by atoms with Crippen LogP contribution in [0.4, 0.5) is 27.8 Å². The molecule has 1 rings (SSSR count). The van der Waals surface area contributed by atoms with Crippen LogP contribution in [0.1, 0.15) is 17.6 Å². The van der Waals surface area contributed by atoms with Crippen molar-refractivity contribution in [2.24, 2.45) is 0 Å². The van der Waals surface area contributed by atoms with Gasteiger partial charge in [-0.3, -0.25) is 0 Å². The van der Waals surface area contributed by atoms with Gasteiger partial charge in [0.1, 0.15) is 5.56 Å². The lowest BCUT2D eigenvalue weighted by Crippen LogP contribution is -2.11. The zero-order chi connectivity index (χ0) is 13.4. The summed E-state index contributed by atoms with van der Waals surface area (Å²) in [6.45, 7) is 0. The topological polar surface area (TPSA) is 76.3 Å². The predicted octanol–water partition coefficient (Wildman–Crippen LogP) is 2.65. The molecule has 17 heavy (non-hydrogen) atoms. The van der Waals surface area contributed by atoms with Gasteiger partial charge >= 0.3 is 12.0 Å². The molecule has 5 nitrogen and oxygen atoms in total. The van der Waals surface area contributed by atoms with Gasteiger partial charge in [-0.25, -0.2) is 8.78 Å². The molecule has 0 aliphatic rings. The van der Waals surface area contributed by atoms with Crippen molar-refractivity contribution >= 4 is 5.82 Å². The molecular formula is C7H3F5N2O3. The number of pyridine rings is 1. The number of aromatic hydroxyl groups is 1. The lowest BCUT2D eigenvalue weighted by Gasteiger charge is -2.11. The number of alkyl halides is 5. The van der Waals surface area contributed by atoms with Crippen LogP contribution in [0.2, 0.25) is 0 Å². The van der Waals surface area contributed by atoms with Gasteiger partial charge < -0.3 is 15.2 Å². The maximum Gasteiger partial charge on any atom is 0.420 e. The standard InChI is InChI=1S/C7H3F5N2O3/c8-5(9)3-2(7(10,11)12)1-13-6(4(3)15)14(16)17/h1,5,15H. The van der Waals surface area contributed by atoms with Crippen molar-refractivity contribution in [2.45, 2.75) is 12.6 Å². The first kappa shape index (κ1) is 13.1. The molecule has 94 valence electrons. The second-order valence-corrected chi connectivity index (χ2v) is 2.81. The SMILES string of the molecule is O=[N+]([O-])c1ncc(C(F)(F)F)c(C(F)F)c1O. The minimum atomic E-state index is -5.19. The van der Waals surface area contributed by atoms with Crippen LogP contribution in [0, 0.1) is 10.1 Å². The second kappa shape index (κ2) is 4.11. The van der Waals surface area contributed by atoms with Crippen LogP contribution in [0.25, 0.3) is 0 Å². The first-order valence-electron chi connectivity index (χ1n) is 3.87. The molecule has 0 unspecified atom stereocenters. The highest BCUT2D eigenvalue weighted by atomic mass is 19.4. The van der Waals surface area contributed by atoms with Gasteiger partial charge in [0.15, 0.2) is 6.20 Å². The molecule has 1 aromatic heterocycles. The molecule has 1 aromatic rings. The summed E-state index contributed by atoms with van der Waals surface area (Å²) in [6.07, 6.45) is -9.02. The van der Waals surface area contributed by atoms with E-state index < -0.39 is 40.2 Å². The summed E-state index contributed by atoms with van der Waals surface area (Å²) in [6, 6.07) is 0. The molecule has 10 heteroatoms. The summed E-state index contributed by atoms with van der Waals surface area (Å²) in [5, 5.41) is 19.2. The average Bonchev–Trinajstić information content (AvgIpc) is 2.14. The fraction of sp³-hybridized carbons (Fsp3) is 0.286. The molecule has 0 bridgehead atoms. The molecule has 0 atom stereocenters. The minimum absolute atomic E-state index is 0.112. The Morgan fingerprint density at radius 1 is 1.41 bits per heavy atom. The number of nitro groups is 1. The smallest absolute Gasteiger partial charge is 0.420 e. The first-order valence-corrected chi connectivity index (χ1v) is 3.87. The summed E-state index contributed by atoms with van der Waals surface area (Å²) in [5.74, 6) is -3.23. The van der Waals surface area contributed by atoms with E-state index in [0.29, 0.717) is 0 Å². The number of halogens is 5. The summed E-state index contributed by atoms with van der Waals surface area (Å²) in [7, 11) is 0. The molecular weight excluding hydrogens is 255 g/mol. The van der Waals surface area contributed by atoms with E-state index in [-0.39, 0.29) is 6.20 Å². The van der Waals surface area contributed by atoms with Crippen LogP contribution >= 0.6 is 0 Å². The maximum absolute atomic E-state index is 12.4. The highest BCUT2D eigenvalue weighted by Gasteiger charge is 2.41. The van der Waals surface area contributed by atoms with Gasteiger partial charge in [-0.05, 0) is 9.91 Å². The van der Waals surface area contributed by atoms with Crippen molar-refractivity contribution < 1.29 is 32.0 Å². The van der Waals surface area contributed by atoms with Crippen LogP contribution in [0.15, 0.2) is 6.20 Å². The van der Waals surface area contributed by atoms with Crippen molar-refractivity contribution in [1.82, 2.24) is 4.98 Å². The largest absolute Gasteiger partial charge is 0.501 e. The summed E-state index contributed by atoms with van der Waals surface area (Å²) >= 11 is 0. The highest BCUT2D eigenvalue weighted by Crippen LogP contribution is 2.43. The van der Waals surface area contributed by atoms with Crippen molar-refractivity contribution in [3.05, 3.63) is 27.4 Å². The predicted molar refractivity (Wildman–Crippen MR) is 42.5 cm³/mol. The third-order valence-corrected chi connectivity index (χ3v) is 1.77. The van der Waals surface area contributed by atoms with Gasteiger partial charge in [0, 0.05) is 0 Å². The third kappa shape index (κ3) is 2.40. The van der Waals surface area contributed by atoms with E-state index >= 15 is 0 Å². The maximum atomic E-state index is 12.4. The lowest BCUT2D eigenvalue weighted by atomic mass is 10.1. The van der Waals surface area contributed by atoms with Gasteiger partial charge in [-0.1, -0.05) is 0 Å². The first-order chi connectivity index (χ1) is 7.66. The molecule has 0 saturated carbocycles. The fourth-order valence-electron chi connectivity index (χ4n) is 1.08. The second-order valence-electron chi connectivity index (χ2n) is 2.81. The van der Waals surface area contributed by atoms with E-state index in [2.05, 4.69) is 4.98 Å². The number of hydrogen-bond acceptors (Lipinski definition) is 4. The number of rotatable bonds is 2. The van der Waals surface area contributed by atoms with Crippen LogP contribution < -0.4 is 0 Å². The normalized spacial score (nSPS) is 11.9. The monoisotopic (exact) mass is 258 g/mol. The van der Waals surface area contributed by atoms with E-state index in [1.807, 2.05) is 0 Å². The number of aromatic nitrogens is 1. The summed E-state index contributed by atoms with van der Waals surface area (Å²) in [4.78, 5) is 11.5. The van der Waals surface area contributed by atoms with Gasteiger partial charge in [-0.2, -0.15) is 13.2 Å². The Morgan fingerprint density at radius 2 is 1.94 bits per heavy atom. The highest BCUT2D eigenvalue weighted by molar-refractivity contribution is 5.50. The quantitative estimate of drug-likeness (QED) is 0.502. The Kier molecular flexibility index (Phi) is 3.16. The number of hydrogen-bond donors (Lipinski definition) is 1. The van der Waals surface area contributed by atoms with E-state index in [4.69, 9.17) is 5.11 Å². The van der Waals surface area contributed by atoms with Crippen LogP contribution in [-0.2, 0) is 6.18 Å². The number of nitrogens with zero attached hydrogens (tertiary/aromatic N) is 2. The molecule has 0 radical (unpaired) electrons. The molecule has 1 heterocycles. The third-order valence-electron chi connectivity index (χ3n) is 1.77. The molecule has 0 spiro atoms. The van der Waals surface area contributed by atoms with Crippen molar-refractivity contribution in [3.63, 3.8) is 0 Å².